The molecule has 3 heteroatoms. The van der Waals surface area contributed by atoms with E-state index in [0.717, 1.165) is 19.8 Å². The zero-order chi connectivity index (χ0) is 9.97. The molecule has 1 heterocycles. The Morgan fingerprint density at radius 2 is 2.36 bits per heavy atom. The number of ether oxygens (including phenoxy) is 1. The molecule has 1 aliphatic heterocycles. The van der Waals surface area contributed by atoms with Gasteiger partial charge in [0.1, 0.15) is 0 Å². The molecule has 1 N–H and O–H groups in total. The third kappa shape index (κ3) is 2.16. The normalized spacial score (nSPS) is 22.3. The van der Waals surface area contributed by atoms with Crippen LogP contribution in [0.25, 0.3) is 0 Å². The lowest BCUT2D eigenvalue weighted by molar-refractivity contribution is 0.0767. The molecule has 1 aromatic carbocycles. The molecule has 14 heavy (non-hydrogen) atoms. The fraction of sp³-hybridized carbons (Fsp3) is 0.455. The van der Waals surface area contributed by atoms with Crippen LogP contribution in [-0.4, -0.2) is 19.8 Å². The number of hydrogen-bond donors (Lipinski definition) is 1. The Balaban J connectivity index is 2.22. The maximum atomic E-state index is 5.44. The molecular weight excluding hydrogens is 242 g/mol. The third-order valence-corrected chi connectivity index (χ3v) is 3.14. The zero-order valence-electron chi connectivity index (χ0n) is 8.22. The highest BCUT2D eigenvalue weighted by atomic mass is 79.9. The van der Waals surface area contributed by atoms with Crippen molar-refractivity contribution < 1.29 is 4.74 Å². The Morgan fingerprint density at radius 3 is 3.00 bits per heavy atom. The first-order valence-electron chi connectivity index (χ1n) is 4.84. The molecule has 1 aliphatic rings. The van der Waals surface area contributed by atoms with Gasteiger partial charge in [-0.1, -0.05) is 28.1 Å². The van der Waals surface area contributed by atoms with E-state index in [2.05, 4.69) is 46.4 Å². The van der Waals surface area contributed by atoms with Crippen molar-refractivity contribution in [2.24, 2.45) is 0 Å². The fourth-order valence-electron chi connectivity index (χ4n) is 1.68. The van der Waals surface area contributed by atoms with E-state index in [-0.39, 0.29) is 0 Å². The van der Waals surface area contributed by atoms with E-state index >= 15 is 0 Å². The number of morpholine rings is 1. The van der Waals surface area contributed by atoms with Crippen molar-refractivity contribution in [1.29, 1.82) is 0 Å². The summed E-state index contributed by atoms with van der Waals surface area (Å²) in [6.45, 7) is 4.62. The van der Waals surface area contributed by atoms with Gasteiger partial charge in [-0.05, 0) is 24.1 Å². The van der Waals surface area contributed by atoms with Crippen LogP contribution in [-0.2, 0) is 4.74 Å². The Bertz CT molecular complexity index is 321. The van der Waals surface area contributed by atoms with E-state index in [4.69, 9.17) is 4.74 Å². The van der Waals surface area contributed by atoms with Gasteiger partial charge in [-0.25, -0.2) is 0 Å². The average Bonchev–Trinajstić information content (AvgIpc) is 2.19. The Kier molecular flexibility index (Phi) is 3.21. The molecule has 0 amide bonds. The van der Waals surface area contributed by atoms with Crippen LogP contribution < -0.4 is 5.32 Å². The molecule has 0 unspecified atom stereocenters. The second-order valence-electron chi connectivity index (χ2n) is 3.61. The number of halogens is 1. The SMILES string of the molecule is Cc1ccc([C@H]2COCCN2)c(Br)c1. The van der Waals surface area contributed by atoms with Gasteiger partial charge in [-0.2, -0.15) is 0 Å². The topological polar surface area (TPSA) is 21.3 Å². The van der Waals surface area contributed by atoms with Crippen molar-refractivity contribution in [3.05, 3.63) is 33.8 Å². The van der Waals surface area contributed by atoms with Crippen molar-refractivity contribution in [3.63, 3.8) is 0 Å². The van der Waals surface area contributed by atoms with Crippen molar-refractivity contribution in [2.45, 2.75) is 13.0 Å². The lowest BCUT2D eigenvalue weighted by atomic mass is 10.1. The molecule has 2 rings (SSSR count). The van der Waals surface area contributed by atoms with E-state index in [0.29, 0.717) is 6.04 Å². The van der Waals surface area contributed by atoms with Crippen LogP contribution in [0, 0.1) is 6.92 Å². The van der Waals surface area contributed by atoms with Crippen LogP contribution in [0.1, 0.15) is 17.2 Å². The Labute approximate surface area is 92.8 Å². The molecule has 0 radical (unpaired) electrons. The number of benzene rings is 1. The number of nitrogens with one attached hydrogen (secondary N) is 1. The lowest BCUT2D eigenvalue weighted by Crippen LogP contribution is -2.34. The molecular formula is C11H14BrNO. The summed E-state index contributed by atoms with van der Waals surface area (Å²) in [5, 5.41) is 3.44. The maximum Gasteiger partial charge on any atom is 0.0662 e. The van der Waals surface area contributed by atoms with Crippen molar-refractivity contribution in [3.8, 4) is 0 Å². The van der Waals surface area contributed by atoms with E-state index in [1.807, 2.05) is 0 Å². The first kappa shape index (κ1) is 10.1. The molecule has 0 aliphatic carbocycles. The van der Waals surface area contributed by atoms with Gasteiger partial charge in [-0.3, -0.25) is 0 Å². The summed E-state index contributed by atoms with van der Waals surface area (Å²) in [4.78, 5) is 0. The number of aryl methyl sites for hydroxylation is 1. The van der Waals surface area contributed by atoms with Gasteiger partial charge in [0.05, 0.1) is 19.3 Å². The fourth-order valence-corrected chi connectivity index (χ4v) is 2.45. The highest BCUT2D eigenvalue weighted by Crippen LogP contribution is 2.25. The van der Waals surface area contributed by atoms with E-state index in [9.17, 15) is 0 Å². The summed E-state index contributed by atoms with van der Waals surface area (Å²) in [5.74, 6) is 0. The van der Waals surface area contributed by atoms with Crippen molar-refractivity contribution in [1.82, 2.24) is 5.32 Å². The minimum atomic E-state index is 0.332. The van der Waals surface area contributed by atoms with Gasteiger partial charge in [0.15, 0.2) is 0 Å². The van der Waals surface area contributed by atoms with E-state index < -0.39 is 0 Å². The van der Waals surface area contributed by atoms with Crippen LogP contribution in [0.3, 0.4) is 0 Å². The smallest absolute Gasteiger partial charge is 0.0662 e. The summed E-state index contributed by atoms with van der Waals surface area (Å²) in [7, 11) is 0. The van der Waals surface area contributed by atoms with Gasteiger partial charge >= 0.3 is 0 Å². The third-order valence-electron chi connectivity index (χ3n) is 2.45. The molecule has 0 spiro atoms. The van der Waals surface area contributed by atoms with Gasteiger partial charge in [0.2, 0.25) is 0 Å². The predicted molar refractivity (Wildman–Crippen MR) is 60.4 cm³/mol. The summed E-state index contributed by atoms with van der Waals surface area (Å²) >= 11 is 3.59. The minimum absolute atomic E-state index is 0.332. The van der Waals surface area contributed by atoms with Crippen LogP contribution in [0.4, 0.5) is 0 Å². The molecule has 0 saturated carbocycles. The summed E-state index contributed by atoms with van der Waals surface area (Å²) < 4.78 is 6.61. The first-order valence-corrected chi connectivity index (χ1v) is 5.64. The Hall–Kier alpha value is -0.380. The van der Waals surface area contributed by atoms with Crippen LogP contribution in [0.15, 0.2) is 22.7 Å². The molecule has 76 valence electrons. The number of rotatable bonds is 1. The van der Waals surface area contributed by atoms with Gasteiger partial charge < -0.3 is 10.1 Å². The van der Waals surface area contributed by atoms with Crippen molar-refractivity contribution >= 4 is 15.9 Å². The maximum absolute atomic E-state index is 5.44. The lowest BCUT2D eigenvalue weighted by Gasteiger charge is -2.25. The average molecular weight is 256 g/mol. The van der Waals surface area contributed by atoms with Gasteiger partial charge in [-0.15, -0.1) is 0 Å². The monoisotopic (exact) mass is 255 g/mol. The number of hydrogen-bond acceptors (Lipinski definition) is 2. The molecule has 1 saturated heterocycles. The van der Waals surface area contributed by atoms with Crippen LogP contribution in [0.5, 0.6) is 0 Å². The summed E-state index contributed by atoms with van der Waals surface area (Å²) in [5.41, 5.74) is 2.56. The molecule has 1 aromatic rings. The first-order chi connectivity index (χ1) is 6.77. The molecule has 0 aromatic heterocycles. The second kappa shape index (κ2) is 4.43. The molecule has 2 nitrogen and oxygen atoms in total. The largest absolute Gasteiger partial charge is 0.378 e. The minimum Gasteiger partial charge on any atom is -0.378 e. The highest BCUT2D eigenvalue weighted by Gasteiger charge is 2.17. The standard InChI is InChI=1S/C11H14BrNO/c1-8-2-3-9(10(12)6-8)11-7-14-5-4-13-11/h2-3,6,11,13H,4-5,7H2,1H3/t11-/m1/s1. The highest BCUT2D eigenvalue weighted by molar-refractivity contribution is 9.10. The predicted octanol–water partition coefficient (Wildman–Crippen LogP) is 2.42. The Morgan fingerprint density at radius 1 is 1.50 bits per heavy atom. The van der Waals surface area contributed by atoms with Crippen LogP contribution in [0.2, 0.25) is 0 Å². The van der Waals surface area contributed by atoms with Gasteiger partial charge in [0.25, 0.3) is 0 Å². The second-order valence-corrected chi connectivity index (χ2v) is 4.46. The summed E-state index contributed by atoms with van der Waals surface area (Å²) in [6.07, 6.45) is 0. The zero-order valence-corrected chi connectivity index (χ0v) is 9.80. The van der Waals surface area contributed by atoms with E-state index in [1.54, 1.807) is 0 Å². The van der Waals surface area contributed by atoms with Gasteiger partial charge in [0, 0.05) is 11.0 Å². The molecule has 1 atom stereocenters. The molecule has 0 bridgehead atoms. The summed E-state index contributed by atoms with van der Waals surface area (Å²) in [6, 6.07) is 6.77. The molecule has 1 fully saturated rings. The van der Waals surface area contributed by atoms with E-state index in [1.165, 1.54) is 15.6 Å². The van der Waals surface area contributed by atoms with Crippen LogP contribution >= 0.6 is 15.9 Å². The van der Waals surface area contributed by atoms with Crippen molar-refractivity contribution in [2.75, 3.05) is 19.8 Å². The quantitative estimate of drug-likeness (QED) is 0.833.